The van der Waals surface area contributed by atoms with Crippen LogP contribution in [0.3, 0.4) is 0 Å². The Bertz CT molecular complexity index is 782. The topological polar surface area (TPSA) is 82.1 Å². The van der Waals surface area contributed by atoms with E-state index in [2.05, 4.69) is 0 Å². The van der Waals surface area contributed by atoms with Crippen LogP contribution in [0.1, 0.15) is 23.2 Å². The summed E-state index contributed by atoms with van der Waals surface area (Å²) in [5, 5.41) is 0. The first-order valence-corrected chi connectivity index (χ1v) is 7.71. The van der Waals surface area contributed by atoms with Gasteiger partial charge in [-0.05, 0) is 12.2 Å². The lowest BCUT2D eigenvalue weighted by Crippen LogP contribution is -2.44. The van der Waals surface area contributed by atoms with Crippen LogP contribution < -0.4 is 0 Å². The Labute approximate surface area is 144 Å². The maximum absolute atomic E-state index is 12.2. The molecule has 2 aliphatic heterocycles. The number of likely N-dealkylation sites (tertiary alicyclic amines) is 1. The zero-order chi connectivity index (χ0) is 18.0. The van der Waals surface area contributed by atoms with Gasteiger partial charge in [-0.3, -0.25) is 14.5 Å². The molecule has 0 aromatic heterocycles. The van der Waals surface area contributed by atoms with E-state index >= 15 is 0 Å². The molecule has 130 valence electrons. The van der Waals surface area contributed by atoms with Gasteiger partial charge in [0.05, 0.1) is 13.5 Å². The first-order chi connectivity index (χ1) is 12.0. The first kappa shape index (κ1) is 16.8. The molecule has 25 heavy (non-hydrogen) atoms. The van der Waals surface area contributed by atoms with Crippen molar-refractivity contribution in [2.45, 2.75) is 18.8 Å². The molecule has 7 heteroatoms. The molecule has 7 nitrogen and oxygen atoms in total. The van der Waals surface area contributed by atoms with E-state index in [0.717, 1.165) is 0 Å². The number of hydrogen-bond donors (Lipinski definition) is 0. The van der Waals surface area contributed by atoms with Crippen molar-refractivity contribution in [2.75, 3.05) is 14.2 Å². The molecule has 1 saturated heterocycles. The van der Waals surface area contributed by atoms with Gasteiger partial charge in [0.15, 0.2) is 11.5 Å². The second kappa shape index (κ2) is 6.43. The number of ether oxygens (including phenoxy) is 3. The molecule has 0 saturated carbocycles. The van der Waals surface area contributed by atoms with Crippen molar-refractivity contribution in [1.82, 2.24) is 4.90 Å². The fourth-order valence-corrected chi connectivity index (χ4v) is 2.67. The third-order valence-corrected chi connectivity index (χ3v) is 4.11. The lowest BCUT2D eigenvalue weighted by Gasteiger charge is -2.29. The number of rotatable bonds is 4. The number of allylic oxidation sites excluding steroid dienone is 2. The Morgan fingerprint density at radius 3 is 2.56 bits per heavy atom. The van der Waals surface area contributed by atoms with Crippen LogP contribution in [0, 0.1) is 0 Å². The average molecular weight is 343 g/mol. The van der Waals surface area contributed by atoms with Gasteiger partial charge in [-0.1, -0.05) is 30.3 Å². The number of amides is 1. The van der Waals surface area contributed by atoms with Crippen LogP contribution >= 0.6 is 0 Å². The minimum Gasteiger partial charge on any atom is -0.463 e. The lowest BCUT2D eigenvalue weighted by molar-refractivity contribution is -0.228. The van der Waals surface area contributed by atoms with Crippen molar-refractivity contribution in [1.29, 1.82) is 0 Å². The molecule has 1 aromatic rings. The third-order valence-electron chi connectivity index (χ3n) is 4.11. The molecule has 0 N–H and O–H groups in total. The predicted molar refractivity (Wildman–Crippen MR) is 85.9 cm³/mol. The number of methoxy groups -OCH3 is 1. The van der Waals surface area contributed by atoms with Crippen molar-refractivity contribution < 1.29 is 28.6 Å². The van der Waals surface area contributed by atoms with E-state index < -0.39 is 11.9 Å². The molecule has 3 rings (SSSR count). The number of hydrogen-bond acceptors (Lipinski definition) is 6. The monoisotopic (exact) mass is 343 g/mol. The van der Waals surface area contributed by atoms with E-state index in [1.54, 1.807) is 24.3 Å². The molecule has 2 aliphatic rings. The second-order valence-corrected chi connectivity index (χ2v) is 5.62. The minimum absolute atomic E-state index is 0.0534. The van der Waals surface area contributed by atoms with Crippen LogP contribution in [0.2, 0.25) is 0 Å². The van der Waals surface area contributed by atoms with Crippen LogP contribution in [-0.2, 0) is 23.8 Å². The molecule has 1 amide bonds. The molecule has 1 atom stereocenters. The summed E-state index contributed by atoms with van der Waals surface area (Å²) < 4.78 is 16.1. The van der Waals surface area contributed by atoms with Crippen LogP contribution in [-0.4, -0.2) is 42.6 Å². The Morgan fingerprint density at radius 2 is 1.96 bits per heavy atom. The summed E-state index contributed by atoms with van der Waals surface area (Å²) in [7, 11) is 2.75. The summed E-state index contributed by atoms with van der Waals surface area (Å²) in [6, 6.07) is 8.67. The highest BCUT2D eigenvalue weighted by Crippen LogP contribution is 2.41. The van der Waals surface area contributed by atoms with Crippen LogP contribution in [0.4, 0.5) is 0 Å². The summed E-state index contributed by atoms with van der Waals surface area (Å²) in [6.07, 6.45) is 3.15. The SMILES string of the molecule is COC(=O)C1=C(/C=C/C(=O)c2ccccc2)OC2(CCC(=O)N2C)O1. The van der Waals surface area contributed by atoms with Gasteiger partial charge in [0.2, 0.25) is 5.91 Å². The van der Waals surface area contributed by atoms with E-state index in [4.69, 9.17) is 14.2 Å². The fraction of sp³-hybridized carbons (Fsp3) is 0.278. The zero-order valence-electron chi connectivity index (χ0n) is 13.9. The molecule has 0 bridgehead atoms. The molecule has 2 heterocycles. The highest BCUT2D eigenvalue weighted by molar-refractivity contribution is 6.04. The van der Waals surface area contributed by atoms with Gasteiger partial charge < -0.3 is 14.2 Å². The standard InChI is InChI=1S/C18H17NO6/c1-19-15(21)10-11-18(19)24-14(16(25-18)17(22)23-2)9-8-13(20)12-6-4-3-5-7-12/h3-9H,10-11H2,1-2H3/b9-8+. The zero-order valence-corrected chi connectivity index (χ0v) is 13.9. The van der Waals surface area contributed by atoms with Gasteiger partial charge in [0, 0.05) is 19.0 Å². The highest BCUT2D eigenvalue weighted by atomic mass is 16.8. The van der Waals surface area contributed by atoms with Gasteiger partial charge in [-0.2, -0.15) is 0 Å². The van der Waals surface area contributed by atoms with Gasteiger partial charge in [0.1, 0.15) is 0 Å². The van der Waals surface area contributed by atoms with Crippen LogP contribution in [0.25, 0.3) is 0 Å². The number of carbonyl (C=O) groups is 3. The van der Waals surface area contributed by atoms with Gasteiger partial charge >= 0.3 is 11.9 Å². The summed E-state index contributed by atoms with van der Waals surface area (Å²) in [5.74, 6) is -2.63. The third kappa shape index (κ3) is 3.00. The van der Waals surface area contributed by atoms with Crippen molar-refractivity contribution >= 4 is 17.7 Å². The highest BCUT2D eigenvalue weighted by Gasteiger charge is 2.54. The minimum atomic E-state index is -1.37. The summed E-state index contributed by atoms with van der Waals surface area (Å²) in [6.45, 7) is 0. The van der Waals surface area contributed by atoms with E-state index in [0.29, 0.717) is 5.56 Å². The maximum atomic E-state index is 12.2. The van der Waals surface area contributed by atoms with Gasteiger partial charge in [-0.15, -0.1) is 0 Å². The summed E-state index contributed by atoms with van der Waals surface area (Å²) in [4.78, 5) is 37.2. The fourth-order valence-electron chi connectivity index (χ4n) is 2.67. The van der Waals surface area contributed by atoms with Crippen molar-refractivity contribution in [3.05, 3.63) is 59.6 Å². The number of ketones is 1. The van der Waals surface area contributed by atoms with E-state index in [1.165, 1.54) is 31.2 Å². The van der Waals surface area contributed by atoms with Gasteiger partial charge in [-0.25, -0.2) is 4.79 Å². The Kier molecular flexibility index (Phi) is 4.31. The number of nitrogens with zero attached hydrogens (tertiary/aromatic N) is 1. The molecule has 0 aliphatic carbocycles. The summed E-state index contributed by atoms with van der Waals surface area (Å²) in [5.41, 5.74) is 0.501. The van der Waals surface area contributed by atoms with E-state index in [9.17, 15) is 14.4 Å². The Balaban J connectivity index is 1.86. The predicted octanol–water partition coefficient (Wildman–Crippen LogP) is 1.76. The van der Waals surface area contributed by atoms with Crippen molar-refractivity contribution in [3.63, 3.8) is 0 Å². The first-order valence-electron chi connectivity index (χ1n) is 7.71. The van der Waals surface area contributed by atoms with Crippen molar-refractivity contribution in [2.24, 2.45) is 0 Å². The molecule has 0 radical (unpaired) electrons. The van der Waals surface area contributed by atoms with Crippen molar-refractivity contribution in [3.8, 4) is 0 Å². The van der Waals surface area contributed by atoms with Gasteiger partial charge in [0.25, 0.3) is 5.76 Å². The largest absolute Gasteiger partial charge is 0.463 e. The van der Waals surface area contributed by atoms with Crippen LogP contribution in [0.15, 0.2) is 54.0 Å². The van der Waals surface area contributed by atoms with E-state index in [-0.39, 0.29) is 36.1 Å². The molecular weight excluding hydrogens is 326 g/mol. The number of benzene rings is 1. The molecular formula is C18H17NO6. The average Bonchev–Trinajstić information content (AvgIpc) is 3.15. The molecule has 1 unspecified atom stereocenters. The number of esters is 1. The summed E-state index contributed by atoms with van der Waals surface area (Å²) >= 11 is 0. The maximum Gasteiger partial charge on any atom is 0.377 e. The Morgan fingerprint density at radius 1 is 1.24 bits per heavy atom. The quantitative estimate of drug-likeness (QED) is 0.471. The molecule has 1 fully saturated rings. The molecule has 1 aromatic carbocycles. The second-order valence-electron chi connectivity index (χ2n) is 5.62. The van der Waals surface area contributed by atoms with E-state index in [1.807, 2.05) is 6.07 Å². The smallest absolute Gasteiger partial charge is 0.377 e. The van der Waals surface area contributed by atoms with Crippen LogP contribution in [0.5, 0.6) is 0 Å². The normalized spacial score (nSPS) is 22.5. The number of carbonyl (C=O) groups excluding carboxylic acids is 3. The Hall–Kier alpha value is -3.09. The lowest BCUT2D eigenvalue weighted by atomic mass is 10.1. The molecule has 1 spiro atoms.